The predicted molar refractivity (Wildman–Crippen MR) is 257 cm³/mol. The molecule has 0 spiro atoms. The van der Waals surface area contributed by atoms with Gasteiger partial charge in [-0.15, -0.1) is 0 Å². The number of anilines is 3. The van der Waals surface area contributed by atoms with Crippen molar-refractivity contribution in [3.8, 4) is 50.6 Å². The van der Waals surface area contributed by atoms with Crippen molar-refractivity contribution in [2.75, 3.05) is 4.90 Å². The molecule has 290 valence electrons. The van der Waals surface area contributed by atoms with Crippen molar-refractivity contribution in [3.63, 3.8) is 0 Å². The lowest BCUT2D eigenvalue weighted by Gasteiger charge is -2.29. The van der Waals surface area contributed by atoms with Gasteiger partial charge in [0.15, 0.2) is 11.5 Å². The first-order valence-electron chi connectivity index (χ1n) is 21.1. The van der Waals surface area contributed by atoms with E-state index in [1.54, 1.807) is 0 Å². The Morgan fingerprint density at radius 1 is 0.403 bits per heavy atom. The molecule has 2 aromatic heterocycles. The zero-order chi connectivity index (χ0) is 40.7. The van der Waals surface area contributed by atoms with Crippen LogP contribution in [-0.2, 0) is 0 Å². The minimum absolute atomic E-state index is 0.846. The number of hydrogen-bond acceptors (Lipinski definition) is 3. The van der Waals surface area contributed by atoms with Gasteiger partial charge in [-0.25, -0.2) is 0 Å². The summed E-state index contributed by atoms with van der Waals surface area (Å²) in [4.78, 5) is 2.44. The molecule has 4 heteroatoms. The molecule has 4 nitrogen and oxygen atoms in total. The van der Waals surface area contributed by atoms with Crippen LogP contribution in [0, 0.1) is 0 Å². The summed E-state index contributed by atoms with van der Waals surface area (Å²) < 4.78 is 15.6. The molecule has 0 atom stereocenters. The van der Waals surface area contributed by atoms with Crippen molar-refractivity contribution in [3.05, 3.63) is 218 Å². The Balaban J connectivity index is 1.08. The maximum atomic E-state index is 6.82. The zero-order valence-electron chi connectivity index (χ0n) is 33.5. The van der Waals surface area contributed by atoms with Crippen LogP contribution >= 0.6 is 0 Å². The summed E-state index contributed by atoms with van der Waals surface area (Å²) in [6, 6.07) is 78.1. The molecule has 3 heterocycles. The number of benzene rings is 10. The number of nitrogens with zero attached hydrogens (tertiary/aromatic N) is 2. The Kier molecular flexibility index (Phi) is 7.57. The lowest BCUT2D eigenvalue weighted by molar-refractivity contribution is 0.476. The largest absolute Gasteiger partial charge is 0.455 e. The normalized spacial score (nSPS) is 12.0. The Hall–Kier alpha value is -8.34. The number of aromatic nitrogens is 1. The molecule has 0 amide bonds. The van der Waals surface area contributed by atoms with Gasteiger partial charge in [0.05, 0.1) is 33.5 Å². The number of fused-ring (bicyclic) bond motifs is 10. The van der Waals surface area contributed by atoms with Crippen LogP contribution in [0.15, 0.2) is 223 Å². The van der Waals surface area contributed by atoms with Crippen LogP contribution in [-0.4, -0.2) is 4.57 Å². The van der Waals surface area contributed by atoms with E-state index >= 15 is 0 Å². The minimum Gasteiger partial charge on any atom is -0.455 e. The first kappa shape index (κ1) is 34.5. The second kappa shape index (κ2) is 13.6. The van der Waals surface area contributed by atoms with E-state index in [0.29, 0.717) is 0 Å². The van der Waals surface area contributed by atoms with Crippen LogP contribution in [0.5, 0.6) is 11.5 Å². The van der Waals surface area contributed by atoms with Crippen LogP contribution < -0.4 is 9.64 Å². The van der Waals surface area contributed by atoms with Crippen LogP contribution in [0.3, 0.4) is 0 Å². The fourth-order valence-corrected chi connectivity index (χ4v) is 9.82. The molecule has 0 aliphatic carbocycles. The fourth-order valence-electron chi connectivity index (χ4n) is 9.82. The first-order valence-corrected chi connectivity index (χ1v) is 21.1. The van der Waals surface area contributed by atoms with E-state index in [0.717, 1.165) is 106 Å². The monoisotopic (exact) mass is 792 g/mol. The third-order valence-corrected chi connectivity index (χ3v) is 12.6. The highest BCUT2D eigenvalue weighted by Crippen LogP contribution is 2.50. The van der Waals surface area contributed by atoms with Crippen molar-refractivity contribution in [2.24, 2.45) is 0 Å². The van der Waals surface area contributed by atoms with Crippen molar-refractivity contribution in [1.82, 2.24) is 4.57 Å². The third-order valence-electron chi connectivity index (χ3n) is 12.6. The van der Waals surface area contributed by atoms with Crippen molar-refractivity contribution in [2.45, 2.75) is 0 Å². The quantitative estimate of drug-likeness (QED) is 0.168. The molecular weight excluding hydrogens is 757 g/mol. The molecule has 0 saturated carbocycles. The van der Waals surface area contributed by atoms with Crippen LogP contribution in [0.4, 0.5) is 17.1 Å². The average molecular weight is 793 g/mol. The second-order valence-corrected chi connectivity index (χ2v) is 16.0. The molecule has 0 radical (unpaired) electrons. The van der Waals surface area contributed by atoms with Gasteiger partial charge in [-0.1, -0.05) is 152 Å². The minimum atomic E-state index is 0.846. The van der Waals surface area contributed by atoms with Gasteiger partial charge in [0, 0.05) is 32.8 Å². The molecular formula is C58H36N2O2. The summed E-state index contributed by atoms with van der Waals surface area (Å²) in [5.74, 6) is 1.73. The maximum absolute atomic E-state index is 6.82. The highest BCUT2D eigenvalue weighted by molar-refractivity contribution is 6.20. The smallest absolute Gasteiger partial charge is 0.152 e. The van der Waals surface area contributed by atoms with E-state index in [9.17, 15) is 0 Å². The molecule has 62 heavy (non-hydrogen) atoms. The van der Waals surface area contributed by atoms with Gasteiger partial charge >= 0.3 is 0 Å². The standard InChI is InChI=1S/C58H36N2O2/c1-3-15-37(16-4-1)42-33-31-41(36-47(42)38-17-5-2-6-18-38)59(52-25-14-27-54-56(52)46-32-29-39-19-7-8-21-44(39)58(46)62-54)49-23-10-9-20-43(49)40-30-34-50-48(35-40)45-22-13-28-55-57(45)60(50)51-24-11-12-26-53(51)61-55/h1-36H. The fraction of sp³-hybridized carbons (Fsp3) is 0. The molecule has 1 aliphatic rings. The van der Waals surface area contributed by atoms with Crippen LogP contribution in [0.25, 0.3) is 93.6 Å². The Morgan fingerprint density at radius 2 is 1.11 bits per heavy atom. The zero-order valence-corrected chi connectivity index (χ0v) is 33.5. The highest BCUT2D eigenvalue weighted by atomic mass is 16.5. The summed E-state index contributed by atoms with van der Waals surface area (Å²) >= 11 is 0. The van der Waals surface area contributed by atoms with E-state index in [4.69, 9.17) is 9.15 Å². The lowest BCUT2D eigenvalue weighted by atomic mass is 9.93. The molecule has 1 aliphatic heterocycles. The summed E-state index contributed by atoms with van der Waals surface area (Å²) in [5.41, 5.74) is 15.1. The first-order chi connectivity index (χ1) is 30.8. The van der Waals surface area contributed by atoms with E-state index in [1.807, 2.05) is 12.1 Å². The van der Waals surface area contributed by atoms with Crippen LogP contribution in [0.1, 0.15) is 0 Å². The summed E-state index contributed by atoms with van der Waals surface area (Å²) in [5, 5.41) is 6.74. The van der Waals surface area contributed by atoms with Crippen LogP contribution in [0.2, 0.25) is 0 Å². The lowest BCUT2D eigenvalue weighted by Crippen LogP contribution is -2.12. The maximum Gasteiger partial charge on any atom is 0.152 e. The van der Waals surface area contributed by atoms with Gasteiger partial charge in [-0.05, 0) is 99.9 Å². The SMILES string of the molecule is c1ccc(-c2ccc(N(c3ccccc3-c3ccc4c(c3)c3cccc5c3n4-c3ccccc3O5)c3cccc4oc5c6ccccc6ccc5c34)cc2-c2ccccc2)cc1. The van der Waals surface area contributed by atoms with E-state index < -0.39 is 0 Å². The van der Waals surface area contributed by atoms with E-state index in [1.165, 1.54) is 16.5 Å². The summed E-state index contributed by atoms with van der Waals surface area (Å²) in [6.45, 7) is 0. The predicted octanol–water partition coefficient (Wildman–Crippen LogP) is 16.4. The Bertz CT molecular complexity index is 3730. The summed E-state index contributed by atoms with van der Waals surface area (Å²) in [7, 11) is 0. The molecule has 0 N–H and O–H groups in total. The molecule has 10 aromatic carbocycles. The number of furan rings is 1. The van der Waals surface area contributed by atoms with Crippen molar-refractivity contribution < 1.29 is 9.15 Å². The van der Waals surface area contributed by atoms with Gasteiger partial charge in [0.1, 0.15) is 11.2 Å². The van der Waals surface area contributed by atoms with Gasteiger partial charge in [0.2, 0.25) is 0 Å². The van der Waals surface area contributed by atoms with Gasteiger partial charge < -0.3 is 18.6 Å². The number of para-hydroxylation sites is 4. The van der Waals surface area contributed by atoms with Gasteiger partial charge in [-0.3, -0.25) is 0 Å². The van der Waals surface area contributed by atoms with Crippen molar-refractivity contribution >= 4 is 71.6 Å². The average Bonchev–Trinajstić information content (AvgIpc) is 3.90. The number of hydrogen-bond donors (Lipinski definition) is 0. The number of ether oxygens (including phenoxy) is 1. The molecule has 0 bridgehead atoms. The third kappa shape index (κ3) is 5.20. The Labute approximate surface area is 357 Å². The Morgan fingerprint density at radius 3 is 2.00 bits per heavy atom. The topological polar surface area (TPSA) is 30.5 Å². The molecule has 0 fully saturated rings. The van der Waals surface area contributed by atoms with E-state index in [2.05, 4.69) is 216 Å². The second-order valence-electron chi connectivity index (χ2n) is 16.0. The number of rotatable bonds is 6. The molecule has 13 rings (SSSR count). The van der Waals surface area contributed by atoms with Gasteiger partial charge in [-0.2, -0.15) is 0 Å². The summed E-state index contributed by atoms with van der Waals surface area (Å²) in [6.07, 6.45) is 0. The molecule has 0 unspecified atom stereocenters. The molecule has 0 saturated heterocycles. The molecule has 12 aromatic rings. The van der Waals surface area contributed by atoms with E-state index in [-0.39, 0.29) is 0 Å². The van der Waals surface area contributed by atoms with Gasteiger partial charge in [0.25, 0.3) is 0 Å². The highest BCUT2D eigenvalue weighted by Gasteiger charge is 2.26. The van der Waals surface area contributed by atoms with Crippen molar-refractivity contribution in [1.29, 1.82) is 0 Å².